The van der Waals surface area contributed by atoms with Gasteiger partial charge in [-0.2, -0.15) is 9.40 Å². The van der Waals surface area contributed by atoms with Gasteiger partial charge in [-0.15, -0.1) is 0 Å². The fourth-order valence-electron chi connectivity index (χ4n) is 3.67. The molecule has 2 aromatic rings. The lowest BCUT2D eigenvalue weighted by atomic mass is 9.80. The molecule has 0 saturated carbocycles. The Labute approximate surface area is 146 Å². The molecular formula is C17H20FN3O3S. The van der Waals surface area contributed by atoms with Crippen LogP contribution >= 0.6 is 0 Å². The molecule has 4 rings (SSSR count). The summed E-state index contributed by atoms with van der Waals surface area (Å²) < 4.78 is 48.0. The molecule has 1 aromatic carbocycles. The Morgan fingerprint density at radius 2 is 1.92 bits per heavy atom. The molecule has 25 heavy (non-hydrogen) atoms. The highest BCUT2D eigenvalue weighted by Crippen LogP contribution is 2.41. The monoisotopic (exact) mass is 365 g/mol. The van der Waals surface area contributed by atoms with Gasteiger partial charge in [0.1, 0.15) is 16.4 Å². The SMILES string of the molecule is O=S(=O)(c1cnn(-c2ccccc2F)c1)N1CCC2(CCOCC2)C1. The van der Waals surface area contributed by atoms with Crippen LogP contribution in [-0.4, -0.2) is 48.8 Å². The van der Waals surface area contributed by atoms with Crippen molar-refractivity contribution in [1.82, 2.24) is 14.1 Å². The number of para-hydroxylation sites is 1. The van der Waals surface area contributed by atoms with Crippen LogP contribution in [0.1, 0.15) is 19.3 Å². The molecule has 0 aliphatic carbocycles. The second-order valence-electron chi connectivity index (χ2n) is 6.77. The van der Waals surface area contributed by atoms with Gasteiger partial charge in [-0.3, -0.25) is 0 Å². The van der Waals surface area contributed by atoms with Gasteiger partial charge in [0.2, 0.25) is 10.0 Å². The second-order valence-corrected chi connectivity index (χ2v) is 8.71. The van der Waals surface area contributed by atoms with E-state index >= 15 is 0 Å². The summed E-state index contributed by atoms with van der Waals surface area (Å²) >= 11 is 0. The Morgan fingerprint density at radius 3 is 2.68 bits per heavy atom. The van der Waals surface area contributed by atoms with Gasteiger partial charge in [0, 0.05) is 26.3 Å². The first-order chi connectivity index (χ1) is 12.0. The lowest BCUT2D eigenvalue weighted by molar-refractivity contribution is 0.0222. The number of nitrogens with zero attached hydrogens (tertiary/aromatic N) is 3. The molecule has 2 aliphatic heterocycles. The molecule has 2 saturated heterocycles. The van der Waals surface area contributed by atoms with Crippen LogP contribution in [0.4, 0.5) is 4.39 Å². The van der Waals surface area contributed by atoms with Crippen LogP contribution in [-0.2, 0) is 14.8 Å². The molecule has 3 heterocycles. The molecule has 0 N–H and O–H groups in total. The van der Waals surface area contributed by atoms with Crippen molar-refractivity contribution in [3.05, 3.63) is 42.5 Å². The quantitative estimate of drug-likeness (QED) is 0.837. The molecule has 0 atom stereocenters. The fourth-order valence-corrected chi connectivity index (χ4v) is 5.16. The van der Waals surface area contributed by atoms with Crippen molar-refractivity contribution in [2.24, 2.45) is 5.41 Å². The van der Waals surface area contributed by atoms with Gasteiger partial charge in [0.05, 0.1) is 12.4 Å². The first-order valence-corrected chi connectivity index (χ1v) is 9.82. The number of hydrogen-bond donors (Lipinski definition) is 0. The number of aromatic nitrogens is 2. The molecular weight excluding hydrogens is 345 g/mol. The summed E-state index contributed by atoms with van der Waals surface area (Å²) in [6, 6.07) is 6.15. The van der Waals surface area contributed by atoms with Gasteiger partial charge in [-0.05, 0) is 36.8 Å². The normalized spacial score (nSPS) is 21.0. The lowest BCUT2D eigenvalue weighted by Gasteiger charge is -2.33. The maximum Gasteiger partial charge on any atom is 0.246 e. The van der Waals surface area contributed by atoms with Crippen LogP contribution in [0.3, 0.4) is 0 Å². The van der Waals surface area contributed by atoms with Crippen LogP contribution in [0.25, 0.3) is 5.69 Å². The molecule has 1 aromatic heterocycles. The molecule has 0 unspecified atom stereocenters. The van der Waals surface area contributed by atoms with E-state index in [1.807, 2.05) is 0 Å². The van der Waals surface area contributed by atoms with E-state index in [-0.39, 0.29) is 16.0 Å². The van der Waals surface area contributed by atoms with Crippen LogP contribution in [0.5, 0.6) is 0 Å². The van der Waals surface area contributed by atoms with Crippen molar-refractivity contribution >= 4 is 10.0 Å². The number of benzene rings is 1. The van der Waals surface area contributed by atoms with E-state index in [1.165, 1.54) is 27.4 Å². The molecule has 0 radical (unpaired) electrons. The van der Waals surface area contributed by atoms with Gasteiger partial charge in [-0.1, -0.05) is 12.1 Å². The number of ether oxygens (including phenoxy) is 1. The van der Waals surface area contributed by atoms with Gasteiger partial charge >= 0.3 is 0 Å². The van der Waals surface area contributed by atoms with Crippen molar-refractivity contribution in [3.63, 3.8) is 0 Å². The van der Waals surface area contributed by atoms with Gasteiger partial charge in [0.25, 0.3) is 0 Å². The van der Waals surface area contributed by atoms with Crippen molar-refractivity contribution < 1.29 is 17.5 Å². The van der Waals surface area contributed by atoms with Crippen molar-refractivity contribution in [1.29, 1.82) is 0 Å². The zero-order valence-electron chi connectivity index (χ0n) is 13.8. The topological polar surface area (TPSA) is 64.4 Å². The smallest absolute Gasteiger partial charge is 0.246 e. The highest BCUT2D eigenvalue weighted by Gasteiger charge is 2.44. The van der Waals surface area contributed by atoms with Gasteiger partial charge in [0.15, 0.2) is 0 Å². The predicted molar refractivity (Wildman–Crippen MR) is 89.4 cm³/mol. The van der Waals surface area contributed by atoms with Crippen LogP contribution in [0.2, 0.25) is 0 Å². The Hall–Kier alpha value is -1.77. The number of rotatable bonds is 3. The summed E-state index contributed by atoms with van der Waals surface area (Å²) in [6.07, 6.45) is 5.32. The first-order valence-electron chi connectivity index (χ1n) is 8.38. The Bertz CT molecular complexity index is 875. The number of halogens is 1. The summed E-state index contributed by atoms with van der Waals surface area (Å²) in [5.41, 5.74) is 0.263. The van der Waals surface area contributed by atoms with Crippen LogP contribution in [0, 0.1) is 11.2 Å². The van der Waals surface area contributed by atoms with Crippen molar-refractivity contribution in [2.45, 2.75) is 24.2 Å². The molecule has 134 valence electrons. The Kier molecular flexibility index (Phi) is 4.13. The second kappa shape index (κ2) is 6.19. The van der Waals surface area contributed by atoms with Crippen LogP contribution < -0.4 is 0 Å². The average Bonchev–Trinajstić information content (AvgIpc) is 3.25. The highest BCUT2D eigenvalue weighted by atomic mass is 32.2. The average molecular weight is 365 g/mol. The van der Waals surface area contributed by atoms with Gasteiger partial charge in [-0.25, -0.2) is 17.5 Å². The number of hydrogen-bond acceptors (Lipinski definition) is 4. The summed E-state index contributed by atoms with van der Waals surface area (Å²) in [6.45, 7) is 2.41. The predicted octanol–water partition coefficient (Wildman–Crippen LogP) is 2.20. The first kappa shape index (κ1) is 16.7. The molecule has 8 heteroatoms. The van der Waals surface area contributed by atoms with Crippen LogP contribution in [0.15, 0.2) is 41.6 Å². The largest absolute Gasteiger partial charge is 0.381 e. The highest BCUT2D eigenvalue weighted by molar-refractivity contribution is 7.89. The minimum Gasteiger partial charge on any atom is -0.381 e. The summed E-state index contributed by atoms with van der Waals surface area (Å²) in [7, 11) is -3.63. The molecule has 6 nitrogen and oxygen atoms in total. The summed E-state index contributed by atoms with van der Waals surface area (Å²) in [5.74, 6) is -0.447. The summed E-state index contributed by atoms with van der Waals surface area (Å²) in [5, 5.41) is 4.04. The Balaban J connectivity index is 1.58. The zero-order chi connectivity index (χ0) is 17.5. The summed E-state index contributed by atoms with van der Waals surface area (Å²) in [4.78, 5) is 0.0971. The zero-order valence-corrected chi connectivity index (χ0v) is 14.6. The standard InChI is InChI=1S/C17H20FN3O3S/c18-15-3-1-2-4-16(15)21-12-14(11-19-21)25(22,23)20-8-5-17(13-20)6-9-24-10-7-17/h1-4,11-12H,5-10,13H2. The molecule has 1 spiro atoms. The lowest BCUT2D eigenvalue weighted by Crippen LogP contribution is -2.35. The van der Waals surface area contributed by atoms with Crippen molar-refractivity contribution in [3.8, 4) is 5.69 Å². The van der Waals surface area contributed by atoms with E-state index in [1.54, 1.807) is 18.2 Å². The third-order valence-corrected chi connectivity index (χ3v) is 7.05. The van der Waals surface area contributed by atoms with Crippen molar-refractivity contribution in [2.75, 3.05) is 26.3 Å². The molecule has 0 amide bonds. The van der Waals surface area contributed by atoms with E-state index < -0.39 is 15.8 Å². The van der Waals surface area contributed by atoms with E-state index in [0.717, 1.165) is 19.3 Å². The fraction of sp³-hybridized carbons (Fsp3) is 0.471. The minimum absolute atomic E-state index is 0.0346. The third kappa shape index (κ3) is 2.98. The molecule has 2 aliphatic rings. The third-order valence-electron chi connectivity index (χ3n) is 5.25. The van der Waals surface area contributed by atoms with E-state index in [2.05, 4.69) is 5.10 Å². The number of sulfonamides is 1. The maximum atomic E-state index is 13.9. The molecule has 0 bridgehead atoms. The molecule has 2 fully saturated rings. The van der Waals surface area contributed by atoms with E-state index in [0.29, 0.717) is 26.3 Å². The van der Waals surface area contributed by atoms with Gasteiger partial charge < -0.3 is 4.74 Å². The van der Waals surface area contributed by atoms with E-state index in [9.17, 15) is 12.8 Å². The Morgan fingerprint density at radius 1 is 1.16 bits per heavy atom. The van der Waals surface area contributed by atoms with E-state index in [4.69, 9.17) is 4.74 Å². The minimum atomic E-state index is -3.63. The maximum absolute atomic E-state index is 13.9.